The Balaban J connectivity index is 2.38. The zero-order chi connectivity index (χ0) is 11.3. The quantitative estimate of drug-likeness (QED) is 0.682. The summed E-state index contributed by atoms with van der Waals surface area (Å²) >= 11 is 6.46. The summed E-state index contributed by atoms with van der Waals surface area (Å²) in [6, 6.07) is 2.85. The lowest BCUT2D eigenvalue weighted by molar-refractivity contribution is -0.137. The predicted molar refractivity (Wildman–Crippen MR) is 63.4 cm³/mol. The van der Waals surface area contributed by atoms with Crippen LogP contribution in [0.4, 0.5) is 0 Å². The lowest BCUT2D eigenvalue weighted by atomic mass is 10.4. The molecule has 1 aromatic rings. The Labute approximate surface area is 96.9 Å². The lowest BCUT2D eigenvalue weighted by Crippen LogP contribution is -2.32. The van der Waals surface area contributed by atoms with Crippen LogP contribution in [0.5, 0.6) is 0 Å². The van der Waals surface area contributed by atoms with Gasteiger partial charge in [0.2, 0.25) is 0 Å². The highest BCUT2D eigenvalue weighted by molar-refractivity contribution is 7.98. The second kappa shape index (κ2) is 5.89. The number of aromatic amines is 1. The molecule has 1 aromatic heterocycles. The molecule has 0 aliphatic rings. The monoisotopic (exact) mass is 244 g/mol. The smallest absolute Gasteiger partial charge is 0.321 e. The molecule has 4 nitrogen and oxygen atoms in total. The number of aromatic nitrogens is 1. The van der Waals surface area contributed by atoms with Gasteiger partial charge in [0.15, 0.2) is 0 Å². The van der Waals surface area contributed by atoms with Crippen molar-refractivity contribution in [1.29, 1.82) is 0 Å². The zero-order valence-corrected chi connectivity index (χ0v) is 9.61. The van der Waals surface area contributed by atoms with E-state index < -0.39 is 12.0 Å². The highest BCUT2D eigenvalue weighted by Crippen LogP contribution is 2.10. The molecule has 1 atom stereocenters. The molecule has 0 unspecified atom stereocenters. The number of pyridine rings is 1. The van der Waals surface area contributed by atoms with Crippen molar-refractivity contribution in [3.05, 3.63) is 28.5 Å². The molecule has 0 bridgehead atoms. The van der Waals surface area contributed by atoms with Gasteiger partial charge < -0.3 is 15.8 Å². The summed E-state index contributed by atoms with van der Waals surface area (Å²) in [5.41, 5.74) is 6.34. The number of aliphatic carboxylic acids is 1. The minimum Gasteiger partial charge on any atom is -0.480 e. The van der Waals surface area contributed by atoms with E-state index in [0.717, 1.165) is 10.2 Å². The Morgan fingerprint density at radius 2 is 2.47 bits per heavy atom. The Kier molecular flexibility index (Phi) is 4.80. The van der Waals surface area contributed by atoms with Crippen LogP contribution in [-0.2, 0) is 10.5 Å². The van der Waals surface area contributed by atoms with E-state index in [1.165, 1.54) is 11.8 Å². The predicted octanol–water partition coefficient (Wildman–Crippen LogP) is 1.39. The van der Waals surface area contributed by atoms with E-state index in [1.54, 1.807) is 12.3 Å². The third-order valence-corrected chi connectivity index (χ3v) is 3.07. The van der Waals surface area contributed by atoms with Crippen LogP contribution in [0.25, 0.3) is 0 Å². The highest BCUT2D eigenvalue weighted by Gasteiger charge is 2.10. The lowest BCUT2D eigenvalue weighted by Gasteiger charge is -2.05. The maximum atomic E-state index is 10.4. The Morgan fingerprint density at radius 1 is 1.73 bits per heavy atom. The van der Waals surface area contributed by atoms with Crippen molar-refractivity contribution in [2.24, 2.45) is 5.73 Å². The van der Waals surface area contributed by atoms with Gasteiger partial charge in [-0.05, 0) is 12.1 Å². The summed E-state index contributed by atoms with van der Waals surface area (Å²) in [6.45, 7) is 0. The molecule has 0 spiro atoms. The van der Waals surface area contributed by atoms with Crippen LogP contribution in [0.3, 0.4) is 0 Å². The SMILES string of the molecule is N[C@@H](CSCc1cc(=S)cc[nH]1)C(=O)O. The van der Waals surface area contributed by atoms with Crippen LogP contribution in [0.2, 0.25) is 0 Å². The van der Waals surface area contributed by atoms with Crippen molar-refractivity contribution >= 4 is 29.9 Å². The Morgan fingerprint density at radius 3 is 3.07 bits per heavy atom. The van der Waals surface area contributed by atoms with Gasteiger partial charge in [-0.2, -0.15) is 11.8 Å². The van der Waals surface area contributed by atoms with Crippen LogP contribution < -0.4 is 5.73 Å². The molecule has 0 aliphatic heterocycles. The number of thioether (sulfide) groups is 1. The van der Waals surface area contributed by atoms with Gasteiger partial charge in [-0.25, -0.2) is 0 Å². The topological polar surface area (TPSA) is 79.1 Å². The summed E-state index contributed by atoms with van der Waals surface area (Å²) in [4.78, 5) is 13.5. The van der Waals surface area contributed by atoms with E-state index in [9.17, 15) is 4.79 Å². The molecule has 0 aromatic carbocycles. The normalized spacial score (nSPS) is 12.3. The molecular formula is C9H12N2O2S2. The van der Waals surface area contributed by atoms with Crippen LogP contribution in [0, 0.1) is 4.51 Å². The number of carboxylic acid groups (broad SMARTS) is 1. The molecule has 4 N–H and O–H groups in total. The van der Waals surface area contributed by atoms with E-state index in [4.69, 9.17) is 23.1 Å². The maximum absolute atomic E-state index is 10.4. The first-order valence-corrected chi connectivity index (χ1v) is 5.89. The molecule has 6 heteroatoms. The summed E-state index contributed by atoms with van der Waals surface area (Å²) < 4.78 is 0.770. The highest BCUT2D eigenvalue weighted by atomic mass is 32.2. The van der Waals surface area contributed by atoms with Gasteiger partial charge in [0.25, 0.3) is 0 Å². The largest absolute Gasteiger partial charge is 0.480 e. The molecule has 0 saturated heterocycles. The molecule has 0 radical (unpaired) electrons. The van der Waals surface area contributed by atoms with E-state index in [2.05, 4.69) is 4.98 Å². The van der Waals surface area contributed by atoms with E-state index in [-0.39, 0.29) is 0 Å². The van der Waals surface area contributed by atoms with E-state index in [0.29, 0.717) is 11.5 Å². The first kappa shape index (κ1) is 12.2. The molecule has 0 aliphatic carbocycles. The van der Waals surface area contributed by atoms with Crippen molar-refractivity contribution in [3.63, 3.8) is 0 Å². The van der Waals surface area contributed by atoms with Gasteiger partial charge in [0, 0.05) is 27.9 Å². The molecular weight excluding hydrogens is 232 g/mol. The fourth-order valence-electron chi connectivity index (χ4n) is 0.943. The van der Waals surface area contributed by atoms with Crippen LogP contribution in [0.15, 0.2) is 18.3 Å². The minimum atomic E-state index is -0.969. The Bertz CT molecular complexity index is 392. The van der Waals surface area contributed by atoms with Crippen molar-refractivity contribution in [2.45, 2.75) is 11.8 Å². The standard InChI is InChI=1S/C9H12N2O2S2/c10-8(9(12)13)5-15-4-6-3-7(14)1-2-11-6/h1-3,8H,4-5,10H2,(H,11,14)(H,12,13)/t8-/m0/s1. The number of rotatable bonds is 5. The average Bonchev–Trinajstić information content (AvgIpc) is 2.17. The fraction of sp³-hybridized carbons (Fsp3) is 0.333. The van der Waals surface area contributed by atoms with E-state index in [1.807, 2.05) is 6.07 Å². The molecule has 15 heavy (non-hydrogen) atoms. The number of H-pyrrole nitrogens is 1. The van der Waals surface area contributed by atoms with Gasteiger partial charge in [-0.15, -0.1) is 0 Å². The molecule has 1 heterocycles. The van der Waals surface area contributed by atoms with Crippen molar-refractivity contribution in [1.82, 2.24) is 4.98 Å². The third kappa shape index (κ3) is 4.46. The Hall–Kier alpha value is -0.850. The average molecular weight is 244 g/mol. The van der Waals surface area contributed by atoms with Crippen molar-refractivity contribution < 1.29 is 9.90 Å². The number of nitrogens with one attached hydrogen (secondary N) is 1. The maximum Gasteiger partial charge on any atom is 0.321 e. The third-order valence-electron chi connectivity index (χ3n) is 1.70. The molecule has 1 rings (SSSR count). The fourth-order valence-corrected chi connectivity index (χ4v) is 2.05. The van der Waals surface area contributed by atoms with Gasteiger partial charge >= 0.3 is 5.97 Å². The number of carbonyl (C=O) groups is 1. The van der Waals surface area contributed by atoms with Gasteiger partial charge in [0.1, 0.15) is 6.04 Å². The zero-order valence-electron chi connectivity index (χ0n) is 7.97. The number of hydrogen-bond donors (Lipinski definition) is 3. The van der Waals surface area contributed by atoms with Gasteiger partial charge in [0.05, 0.1) is 0 Å². The second-order valence-corrected chi connectivity index (χ2v) is 4.51. The molecule has 0 saturated carbocycles. The molecule has 0 fully saturated rings. The van der Waals surface area contributed by atoms with Gasteiger partial charge in [-0.1, -0.05) is 12.2 Å². The van der Waals surface area contributed by atoms with Gasteiger partial charge in [-0.3, -0.25) is 4.79 Å². The number of carboxylic acids is 1. The van der Waals surface area contributed by atoms with Crippen molar-refractivity contribution in [2.75, 3.05) is 5.75 Å². The first-order valence-electron chi connectivity index (χ1n) is 4.33. The van der Waals surface area contributed by atoms with Crippen LogP contribution in [-0.4, -0.2) is 27.9 Å². The summed E-state index contributed by atoms with van der Waals surface area (Å²) in [6.07, 6.45) is 1.77. The first-order chi connectivity index (χ1) is 7.09. The second-order valence-electron chi connectivity index (χ2n) is 3.01. The van der Waals surface area contributed by atoms with E-state index >= 15 is 0 Å². The van der Waals surface area contributed by atoms with Crippen LogP contribution >= 0.6 is 24.0 Å². The number of hydrogen-bond acceptors (Lipinski definition) is 4. The number of nitrogens with two attached hydrogens (primary N) is 1. The minimum absolute atomic E-state index is 0.394. The summed E-state index contributed by atoms with van der Waals surface area (Å²) in [5.74, 6) is 0.111. The van der Waals surface area contributed by atoms with Crippen LogP contribution in [0.1, 0.15) is 5.69 Å². The van der Waals surface area contributed by atoms with Crippen molar-refractivity contribution in [3.8, 4) is 0 Å². The molecule has 0 amide bonds. The summed E-state index contributed by atoms with van der Waals surface area (Å²) in [7, 11) is 0. The molecule has 82 valence electrons. The summed E-state index contributed by atoms with van der Waals surface area (Å²) in [5, 5.41) is 8.56.